The molecule has 0 spiro atoms. The molecule has 2 amide bonds. The minimum absolute atomic E-state index is 0.0275. The van der Waals surface area contributed by atoms with Gasteiger partial charge in [-0.3, -0.25) is 33.7 Å². The maximum atomic E-state index is 13.7. The molecule has 1 saturated heterocycles. The molecular formula is C120H117F10NO17S2-2. The molecule has 10 atom stereocenters. The topological polar surface area (TPSA) is 277 Å². The fraction of sp³-hybridized carbons (Fsp3) is 0.400. The van der Waals surface area contributed by atoms with Gasteiger partial charge < -0.3 is 33.2 Å². The number of alkyl halides is 10. The summed E-state index contributed by atoms with van der Waals surface area (Å²) in [5.74, 6) is -17.5. The van der Waals surface area contributed by atoms with Gasteiger partial charge in [0.25, 0.3) is 11.8 Å². The third kappa shape index (κ3) is 19.7. The van der Waals surface area contributed by atoms with Crippen molar-refractivity contribution in [2.24, 2.45) is 46.3 Å². The predicted molar refractivity (Wildman–Crippen MR) is 540 cm³/mol. The first-order chi connectivity index (χ1) is 70.3. The van der Waals surface area contributed by atoms with E-state index in [1.165, 1.54) is 16.0 Å². The molecule has 10 bridgehead atoms. The van der Waals surface area contributed by atoms with E-state index in [2.05, 4.69) is 147 Å². The Morgan fingerprint density at radius 3 is 1.06 bits per heavy atom. The van der Waals surface area contributed by atoms with E-state index in [4.69, 9.17) is 18.9 Å². The summed E-state index contributed by atoms with van der Waals surface area (Å²) in [4.78, 5) is 80.1. The van der Waals surface area contributed by atoms with Gasteiger partial charge in [0.15, 0.2) is 46.7 Å². The number of hydrogen-bond donors (Lipinski definition) is 1. The standard InChI is InChI=1S/C27H32F2O5S.C26H22F2O3.C24H26F2O2.C23H21F2NO2.C20H18F2O5S/c1-25(2,3)15-8-10-18-19(11-15)20-13-22(24(30)34-14-27(28,29)35(31,32)33)23(18)21-12-16(26(4,5)6)7-9-17(20)21;1-26(27,28)14-31-25(30)24-22-17-10-4-2-8-15(17)21(16-9-3-5-11-18(16)22)23(24)19-12-6-7-13-20(19)29;1-23(2,3)21-19-16-11-7-5-9-14(16)18(15-10-6-8-12-17(15)19)20(21)22(27)28-13-24(4,25)26;1-23(24,25)11-6-12-26-21(27)19-17-13-7-2-3-8-14(13)18(20(19)22(26)28)16-10-5-4-9-15(16)17;1-19(18(23)27-11-20(21,22)28(24,25)26)10-16-12-6-2-4-8-14(12)17(19)15-9-5-3-7-13(15)16/h7-12,20,22-23H,13-14H2,1-6H3,(H,31,32,33);2-13,21-24,29H,14H2,1H3;5-12,18-21H,13H2,1-4H3;2-5,7-10,17-20H,6,11-12H2,1H3;2-9,16-17H,10-11H2,1H3,(H,24,25,26)/p-2. The first-order valence-electron chi connectivity index (χ1n) is 50.4. The van der Waals surface area contributed by atoms with Crippen LogP contribution in [0, 0.1) is 46.3 Å². The highest BCUT2D eigenvalue weighted by Gasteiger charge is 2.64. The van der Waals surface area contributed by atoms with Crippen LogP contribution in [0.25, 0.3) is 0 Å². The lowest BCUT2D eigenvalue weighted by atomic mass is 9.49. The molecule has 0 saturated carbocycles. The van der Waals surface area contributed by atoms with E-state index in [-0.39, 0.29) is 106 Å². The maximum Gasteiger partial charge on any atom is 0.367 e. The average Bonchev–Trinajstić information content (AvgIpc) is 0.955. The number of imide groups is 1. The largest absolute Gasteiger partial charge is 0.743 e. The highest BCUT2D eigenvalue weighted by molar-refractivity contribution is 7.87. The Kier molecular flexibility index (Phi) is 28.0. The fourth-order valence-corrected chi connectivity index (χ4v) is 26.4. The zero-order chi connectivity index (χ0) is 108. The Morgan fingerprint density at radius 2 is 0.680 bits per heavy atom. The summed E-state index contributed by atoms with van der Waals surface area (Å²) in [6.45, 7) is 17.7. The summed E-state index contributed by atoms with van der Waals surface area (Å²) < 4.78 is 219. The number of carbonyl (C=O) groups is 6. The average molecular weight is 2100 g/mol. The lowest BCUT2D eigenvalue weighted by molar-refractivity contribution is -0.164. The van der Waals surface area contributed by atoms with Crippen molar-refractivity contribution in [1.82, 2.24) is 4.90 Å². The summed E-state index contributed by atoms with van der Waals surface area (Å²) in [5, 5.41) is 1.34. The van der Waals surface area contributed by atoms with Crippen LogP contribution in [0.5, 0.6) is 5.75 Å². The Labute approximate surface area is 866 Å². The van der Waals surface area contributed by atoms with Crippen molar-refractivity contribution < 1.29 is 123 Å². The van der Waals surface area contributed by atoms with Gasteiger partial charge in [-0.25, -0.2) is 43.2 Å². The van der Waals surface area contributed by atoms with Crippen molar-refractivity contribution in [2.45, 2.75) is 220 Å². The maximum absolute atomic E-state index is 13.7. The van der Waals surface area contributed by atoms with Gasteiger partial charge in [0, 0.05) is 91.9 Å². The van der Waals surface area contributed by atoms with Gasteiger partial charge in [0.05, 0.1) is 35.0 Å². The third-order valence-electron chi connectivity index (χ3n) is 32.3. The number of likely N-dealkylation sites (tertiary alicyclic amines) is 1. The molecule has 788 valence electrons. The van der Waals surface area contributed by atoms with Crippen molar-refractivity contribution in [3.8, 4) is 5.75 Å². The quantitative estimate of drug-likeness (QED) is 0.0259. The van der Waals surface area contributed by atoms with Crippen LogP contribution in [0.1, 0.15) is 309 Å². The molecule has 18 nitrogen and oxygen atoms in total. The number of amides is 2. The number of hydrogen-bond acceptors (Lipinski definition) is 17. The Balaban J connectivity index is 0.000000123. The van der Waals surface area contributed by atoms with Gasteiger partial charge in [-0.15, -0.1) is 0 Å². The summed E-state index contributed by atoms with van der Waals surface area (Å²) >= 11 is 0. The van der Waals surface area contributed by atoms with Gasteiger partial charge in [0.2, 0.25) is 17.7 Å². The fourth-order valence-electron chi connectivity index (χ4n) is 26.0. The monoisotopic (exact) mass is 2100 g/mol. The van der Waals surface area contributed by atoms with E-state index in [0.717, 1.165) is 132 Å². The number of phenols is 1. The van der Waals surface area contributed by atoms with Gasteiger partial charge in [0.1, 0.15) is 5.75 Å². The molecule has 11 aromatic carbocycles. The lowest BCUT2D eigenvalue weighted by Gasteiger charge is -2.54. The van der Waals surface area contributed by atoms with E-state index >= 15 is 0 Å². The molecule has 16 aliphatic rings. The van der Waals surface area contributed by atoms with Crippen LogP contribution in [-0.2, 0) is 78.8 Å². The van der Waals surface area contributed by atoms with Gasteiger partial charge >= 0.3 is 34.4 Å². The van der Waals surface area contributed by atoms with E-state index in [1.54, 1.807) is 25.1 Å². The Morgan fingerprint density at radius 1 is 0.360 bits per heavy atom. The van der Waals surface area contributed by atoms with Crippen LogP contribution in [0.2, 0.25) is 0 Å². The molecule has 30 heteroatoms. The summed E-state index contributed by atoms with van der Waals surface area (Å²) in [6.07, 6.45) is 0.504. The number of fused-ring (bicyclic) bond motifs is 4. The second kappa shape index (κ2) is 39.2. The molecule has 10 unspecified atom stereocenters. The summed E-state index contributed by atoms with van der Waals surface area (Å²) in [5.41, 5.74) is 23.0. The number of benzene rings is 11. The number of carbonyl (C=O) groups excluding carboxylic acids is 6. The number of rotatable bonds is 19. The predicted octanol–water partition coefficient (Wildman–Crippen LogP) is 24.6. The van der Waals surface area contributed by atoms with Crippen molar-refractivity contribution in [2.75, 3.05) is 33.0 Å². The van der Waals surface area contributed by atoms with Crippen LogP contribution in [0.15, 0.2) is 255 Å². The van der Waals surface area contributed by atoms with Crippen LogP contribution < -0.4 is 0 Å². The van der Waals surface area contributed by atoms with Gasteiger partial charge in [-0.05, 0) is 189 Å². The van der Waals surface area contributed by atoms with Crippen molar-refractivity contribution in [1.29, 1.82) is 0 Å². The number of phenolic OH excluding ortho intramolecular Hbond substituents is 1. The van der Waals surface area contributed by atoms with E-state index in [9.17, 15) is 104 Å². The zero-order valence-corrected chi connectivity index (χ0v) is 86.6. The molecule has 1 fully saturated rings. The van der Waals surface area contributed by atoms with Crippen LogP contribution >= 0.6 is 0 Å². The molecule has 150 heavy (non-hydrogen) atoms. The second-order valence-corrected chi connectivity index (χ2v) is 48.4. The highest BCUT2D eigenvalue weighted by atomic mass is 32.2. The van der Waals surface area contributed by atoms with Crippen LogP contribution in [-0.4, -0.2) is 133 Å². The molecule has 1 aliphatic heterocycles. The van der Waals surface area contributed by atoms with Crippen LogP contribution in [0.4, 0.5) is 43.9 Å². The SMILES string of the molecule is CC(C)(C)c1ccc2c(c1)C1CC(C(=O)OCC(F)(F)S(=O)(=O)[O-])C2c2cc(C(C)(C)C)ccc21.CC(F)(F)CCCN1C(=O)C2C3c4ccccc4C(c4ccccc43)C2C1=O.CC(F)(F)COC(=O)C1C2c3ccccc3C(c3ccccc32)C1C(C)(C)C.CC(F)(F)COC(=O)C1C2c3ccccc3C(c3ccccc32)C1c1ccccc1O.CC1(C(=O)OCC(F)(F)S(=O)(=O)[O-])CC2c3ccccc3C1c1ccccc12. The Bertz CT molecular complexity index is 7140. The number of nitrogens with zero attached hydrogens (tertiary/aromatic N) is 1. The minimum Gasteiger partial charge on any atom is -0.743 e. The molecule has 1 heterocycles. The number of ether oxygens (including phenoxy) is 4. The third-order valence-corrected chi connectivity index (χ3v) is 34.0. The number of halogens is 10. The number of aromatic hydroxyl groups is 1. The second-order valence-electron chi connectivity index (χ2n) is 45.4. The number of esters is 4. The van der Waals surface area contributed by atoms with Crippen molar-refractivity contribution in [3.05, 3.63) is 383 Å². The normalized spacial score (nSPS) is 24.8. The first kappa shape index (κ1) is 107. The molecule has 27 rings (SSSR count). The first-order valence-corrected chi connectivity index (χ1v) is 53.2. The van der Waals surface area contributed by atoms with E-state index in [0.29, 0.717) is 18.4 Å². The molecule has 1 N–H and O–H groups in total. The summed E-state index contributed by atoms with van der Waals surface area (Å²) in [6, 6.07) is 83.2. The van der Waals surface area contributed by atoms with E-state index < -0.39 is 152 Å². The van der Waals surface area contributed by atoms with Crippen molar-refractivity contribution >= 4 is 55.9 Å². The smallest absolute Gasteiger partial charge is 0.367 e. The van der Waals surface area contributed by atoms with Crippen LogP contribution in [0.3, 0.4) is 0 Å². The molecule has 11 aromatic rings. The molecule has 0 radical (unpaired) electrons. The Hall–Kier alpha value is -12.6. The molecular weight excluding hydrogens is 1980 g/mol. The van der Waals surface area contributed by atoms with Gasteiger partial charge in [-0.1, -0.05) is 311 Å². The lowest BCUT2D eigenvalue weighted by Crippen LogP contribution is -2.49. The molecule has 0 aromatic heterocycles. The number of para-hydroxylation sites is 1. The zero-order valence-electron chi connectivity index (χ0n) is 85.0. The van der Waals surface area contributed by atoms with Crippen molar-refractivity contribution in [3.63, 3.8) is 0 Å². The highest BCUT2D eigenvalue weighted by Crippen LogP contribution is 2.68. The van der Waals surface area contributed by atoms with E-state index in [1.807, 2.05) is 152 Å². The summed E-state index contributed by atoms with van der Waals surface area (Å²) in [7, 11) is -11.9. The minimum atomic E-state index is -5.94. The molecule has 15 aliphatic carbocycles. The van der Waals surface area contributed by atoms with Gasteiger partial charge in [-0.2, -0.15) is 17.6 Å².